The molecule has 0 fully saturated rings. The van der Waals surface area contributed by atoms with Crippen LogP contribution in [-0.4, -0.2) is 17.7 Å². The summed E-state index contributed by atoms with van der Waals surface area (Å²) in [5, 5.41) is 8.72. The third-order valence-electron chi connectivity index (χ3n) is 2.97. The summed E-state index contributed by atoms with van der Waals surface area (Å²) in [5.41, 5.74) is 0.754. The summed E-state index contributed by atoms with van der Waals surface area (Å²) < 4.78 is 0. The Hall–Kier alpha value is -2.25. The minimum atomic E-state index is -0.249. The Morgan fingerprint density at radius 1 is 1.14 bits per heavy atom. The van der Waals surface area contributed by atoms with Crippen LogP contribution in [0.2, 0.25) is 0 Å². The molecule has 0 saturated heterocycles. The van der Waals surface area contributed by atoms with Crippen molar-refractivity contribution in [3.05, 3.63) is 60.7 Å². The monoisotopic (exact) mass is 296 g/mol. The average Bonchev–Trinajstić information content (AvgIpc) is 2.53. The van der Waals surface area contributed by atoms with Crippen molar-refractivity contribution in [2.24, 2.45) is 0 Å². The highest BCUT2D eigenvalue weighted by atomic mass is 32.2. The maximum absolute atomic E-state index is 12.6. The maximum Gasteiger partial charge on any atom is 0.241 e. The number of anilines is 1. The molecule has 0 spiro atoms. The van der Waals surface area contributed by atoms with E-state index in [0.29, 0.717) is 0 Å². The fourth-order valence-corrected chi connectivity index (χ4v) is 2.90. The highest BCUT2D eigenvalue weighted by Gasteiger charge is 2.22. The third kappa shape index (κ3) is 4.11. The number of hydrogen-bond donors (Lipinski definition) is 0. The van der Waals surface area contributed by atoms with Crippen molar-refractivity contribution >= 4 is 23.4 Å². The number of amides is 1. The highest BCUT2D eigenvalue weighted by Crippen LogP contribution is 2.25. The van der Waals surface area contributed by atoms with Gasteiger partial charge in [0.05, 0.1) is 11.3 Å². The van der Waals surface area contributed by atoms with Crippen LogP contribution < -0.4 is 4.90 Å². The van der Waals surface area contributed by atoms with E-state index in [1.54, 1.807) is 0 Å². The zero-order valence-electron chi connectivity index (χ0n) is 11.8. The number of benzene rings is 2. The normalized spacial score (nSPS) is 11.4. The molecule has 0 bridgehead atoms. The predicted octanol–water partition coefficient (Wildman–Crippen LogP) is 3.72. The molecule has 3 nitrogen and oxygen atoms in total. The molecule has 0 saturated carbocycles. The summed E-state index contributed by atoms with van der Waals surface area (Å²) in [5.74, 6) is -0.0587. The Morgan fingerprint density at radius 2 is 1.71 bits per heavy atom. The summed E-state index contributed by atoms with van der Waals surface area (Å²) in [7, 11) is 0. The van der Waals surface area contributed by atoms with E-state index in [2.05, 4.69) is 6.07 Å². The highest BCUT2D eigenvalue weighted by molar-refractivity contribution is 8.00. The van der Waals surface area contributed by atoms with Gasteiger partial charge in [-0.15, -0.1) is 11.8 Å². The van der Waals surface area contributed by atoms with Crippen molar-refractivity contribution in [3.8, 4) is 6.07 Å². The molecule has 4 heteroatoms. The third-order valence-corrected chi connectivity index (χ3v) is 4.07. The first kappa shape index (κ1) is 15.1. The number of carbonyl (C=O) groups is 1. The van der Waals surface area contributed by atoms with E-state index in [-0.39, 0.29) is 17.7 Å². The van der Waals surface area contributed by atoms with Gasteiger partial charge in [-0.2, -0.15) is 5.26 Å². The second-order valence-corrected chi connectivity index (χ2v) is 5.91. The van der Waals surface area contributed by atoms with Crippen LogP contribution in [0.15, 0.2) is 65.6 Å². The van der Waals surface area contributed by atoms with Crippen LogP contribution in [0, 0.1) is 11.3 Å². The fraction of sp³-hybridized carbons (Fsp3) is 0.176. The van der Waals surface area contributed by atoms with Crippen LogP contribution in [0.1, 0.15) is 6.92 Å². The van der Waals surface area contributed by atoms with Gasteiger partial charge in [0.2, 0.25) is 5.91 Å². The minimum absolute atomic E-state index is 0.0581. The molecule has 0 heterocycles. The summed E-state index contributed by atoms with van der Waals surface area (Å²) in [6, 6.07) is 21.2. The van der Waals surface area contributed by atoms with Gasteiger partial charge >= 0.3 is 0 Å². The lowest BCUT2D eigenvalue weighted by molar-refractivity contribution is -0.117. The van der Waals surface area contributed by atoms with E-state index in [9.17, 15) is 4.79 Å². The van der Waals surface area contributed by atoms with E-state index in [0.717, 1.165) is 10.6 Å². The molecule has 2 aromatic rings. The Labute approximate surface area is 129 Å². The number of para-hydroxylation sites is 1. The van der Waals surface area contributed by atoms with Gasteiger partial charge in [0.1, 0.15) is 6.54 Å². The standard InChI is InChI=1S/C17H16N2OS/c1-14(21-16-10-6-3-7-11-16)17(20)19(13-12-18)15-8-4-2-5-9-15/h2-11,14H,13H2,1H3. The molecule has 1 unspecified atom stereocenters. The van der Waals surface area contributed by atoms with E-state index in [1.807, 2.05) is 67.6 Å². The van der Waals surface area contributed by atoms with Gasteiger partial charge in [-0.1, -0.05) is 36.4 Å². The Bertz CT molecular complexity index is 622. The van der Waals surface area contributed by atoms with Crippen molar-refractivity contribution in [2.45, 2.75) is 17.1 Å². The number of nitriles is 1. The van der Waals surface area contributed by atoms with Crippen LogP contribution >= 0.6 is 11.8 Å². The van der Waals surface area contributed by atoms with E-state index in [1.165, 1.54) is 16.7 Å². The molecule has 0 aliphatic carbocycles. The van der Waals surface area contributed by atoms with Gasteiger partial charge in [0.15, 0.2) is 0 Å². The molecular formula is C17H16N2OS. The smallest absolute Gasteiger partial charge is 0.241 e. The summed E-state index contributed by atoms with van der Waals surface area (Å²) in [6.07, 6.45) is 0. The Morgan fingerprint density at radius 3 is 2.29 bits per heavy atom. The molecule has 2 rings (SSSR count). The van der Waals surface area contributed by atoms with Crippen molar-refractivity contribution < 1.29 is 4.79 Å². The van der Waals surface area contributed by atoms with Gasteiger partial charge in [0.25, 0.3) is 0 Å². The second-order valence-electron chi connectivity index (χ2n) is 4.49. The first-order valence-electron chi connectivity index (χ1n) is 6.67. The van der Waals surface area contributed by atoms with Gasteiger partial charge in [-0.3, -0.25) is 9.69 Å². The minimum Gasteiger partial charge on any atom is -0.298 e. The quantitative estimate of drug-likeness (QED) is 0.624. The number of hydrogen-bond acceptors (Lipinski definition) is 3. The first-order valence-corrected chi connectivity index (χ1v) is 7.55. The Balaban J connectivity index is 2.13. The number of nitrogens with zero attached hydrogens (tertiary/aromatic N) is 2. The predicted molar refractivity (Wildman–Crippen MR) is 86.2 cm³/mol. The van der Waals surface area contributed by atoms with Crippen LogP contribution in [0.3, 0.4) is 0 Å². The van der Waals surface area contributed by atoms with Crippen molar-refractivity contribution in [1.29, 1.82) is 5.26 Å². The van der Waals surface area contributed by atoms with Gasteiger partial charge in [-0.25, -0.2) is 0 Å². The summed E-state index contributed by atoms with van der Waals surface area (Å²) in [4.78, 5) is 15.2. The zero-order valence-corrected chi connectivity index (χ0v) is 12.6. The lowest BCUT2D eigenvalue weighted by Crippen LogP contribution is -2.36. The van der Waals surface area contributed by atoms with Crippen LogP contribution in [0.4, 0.5) is 5.69 Å². The van der Waals surface area contributed by atoms with Crippen molar-refractivity contribution in [2.75, 3.05) is 11.4 Å². The zero-order chi connectivity index (χ0) is 15.1. The average molecular weight is 296 g/mol. The largest absolute Gasteiger partial charge is 0.298 e. The Kier molecular flexibility index (Phi) is 5.42. The molecule has 0 N–H and O–H groups in total. The van der Waals surface area contributed by atoms with Crippen LogP contribution in [0.25, 0.3) is 0 Å². The lowest BCUT2D eigenvalue weighted by Gasteiger charge is -2.23. The summed E-state index contributed by atoms with van der Waals surface area (Å²) >= 11 is 1.50. The first-order chi connectivity index (χ1) is 10.2. The molecule has 0 radical (unpaired) electrons. The fourth-order valence-electron chi connectivity index (χ4n) is 1.95. The number of rotatable bonds is 5. The van der Waals surface area contributed by atoms with E-state index < -0.39 is 0 Å². The molecule has 1 amide bonds. The molecular weight excluding hydrogens is 280 g/mol. The second kappa shape index (κ2) is 7.51. The topological polar surface area (TPSA) is 44.1 Å². The molecule has 2 aromatic carbocycles. The van der Waals surface area contributed by atoms with Crippen LogP contribution in [0.5, 0.6) is 0 Å². The SMILES string of the molecule is CC(Sc1ccccc1)C(=O)N(CC#N)c1ccccc1. The molecule has 0 aliphatic rings. The molecule has 0 aliphatic heterocycles. The van der Waals surface area contributed by atoms with Crippen molar-refractivity contribution in [3.63, 3.8) is 0 Å². The maximum atomic E-state index is 12.6. The van der Waals surface area contributed by atoms with E-state index >= 15 is 0 Å². The van der Waals surface area contributed by atoms with Gasteiger partial charge in [0, 0.05) is 10.6 Å². The van der Waals surface area contributed by atoms with Crippen molar-refractivity contribution in [1.82, 2.24) is 0 Å². The lowest BCUT2D eigenvalue weighted by atomic mass is 10.2. The molecule has 1 atom stereocenters. The van der Waals surface area contributed by atoms with Crippen LogP contribution in [-0.2, 0) is 4.79 Å². The molecule has 21 heavy (non-hydrogen) atoms. The number of thioether (sulfide) groups is 1. The molecule has 106 valence electrons. The van der Waals surface area contributed by atoms with Gasteiger partial charge < -0.3 is 0 Å². The van der Waals surface area contributed by atoms with E-state index in [4.69, 9.17) is 5.26 Å². The molecule has 0 aromatic heterocycles. The summed E-state index contributed by atoms with van der Waals surface area (Å²) in [6.45, 7) is 1.93. The van der Waals surface area contributed by atoms with Gasteiger partial charge in [-0.05, 0) is 31.2 Å². The number of carbonyl (C=O) groups excluding carboxylic acids is 1.